The molecule has 3 atom stereocenters. The van der Waals surface area contributed by atoms with E-state index >= 15 is 0 Å². The van der Waals surface area contributed by atoms with Crippen LogP contribution in [0.15, 0.2) is 0 Å². The maximum atomic E-state index is 2.42. The third kappa shape index (κ3) is 1.53. The summed E-state index contributed by atoms with van der Waals surface area (Å²) in [7, 11) is 0. The molecule has 1 aliphatic carbocycles. The van der Waals surface area contributed by atoms with Crippen molar-refractivity contribution in [3.05, 3.63) is 0 Å². The molecule has 0 spiro atoms. The standard InChI is InChI=1S/C10H20/c1-4-8(2)10-7-5-6-9(10)3/h8-10H,4-7H2,1-3H3/t8?,9?,10-/m1/s1. The third-order valence-corrected chi connectivity index (χ3v) is 3.30. The Morgan fingerprint density at radius 2 is 2.10 bits per heavy atom. The lowest BCUT2D eigenvalue weighted by Crippen LogP contribution is -2.13. The first-order chi connectivity index (χ1) is 4.75. The van der Waals surface area contributed by atoms with Crippen LogP contribution in [0.3, 0.4) is 0 Å². The summed E-state index contributed by atoms with van der Waals surface area (Å²) in [6.07, 6.45) is 5.83. The van der Waals surface area contributed by atoms with E-state index in [0.29, 0.717) is 0 Å². The SMILES string of the molecule is CCC(C)[C@H]1CCCC1C. The zero-order valence-corrected chi connectivity index (χ0v) is 7.56. The number of hydrogen-bond acceptors (Lipinski definition) is 0. The second kappa shape index (κ2) is 3.41. The van der Waals surface area contributed by atoms with Gasteiger partial charge in [-0.3, -0.25) is 0 Å². The monoisotopic (exact) mass is 140 g/mol. The molecular formula is C10H20. The summed E-state index contributed by atoms with van der Waals surface area (Å²) >= 11 is 0. The molecule has 0 aliphatic heterocycles. The van der Waals surface area contributed by atoms with Crippen LogP contribution in [0.1, 0.15) is 46.5 Å². The highest BCUT2D eigenvalue weighted by Crippen LogP contribution is 2.37. The molecule has 0 bridgehead atoms. The molecule has 2 unspecified atom stereocenters. The first-order valence-electron chi connectivity index (χ1n) is 4.75. The van der Waals surface area contributed by atoms with Gasteiger partial charge in [0.05, 0.1) is 0 Å². The van der Waals surface area contributed by atoms with Crippen LogP contribution in [0.5, 0.6) is 0 Å². The summed E-state index contributed by atoms with van der Waals surface area (Å²) < 4.78 is 0. The summed E-state index contributed by atoms with van der Waals surface area (Å²) in [5.74, 6) is 3.03. The summed E-state index contributed by atoms with van der Waals surface area (Å²) in [5.41, 5.74) is 0. The molecule has 1 rings (SSSR count). The maximum Gasteiger partial charge on any atom is -0.0363 e. The van der Waals surface area contributed by atoms with Crippen molar-refractivity contribution in [2.24, 2.45) is 17.8 Å². The molecule has 1 aliphatic rings. The molecule has 0 aromatic carbocycles. The van der Waals surface area contributed by atoms with Crippen molar-refractivity contribution in [2.45, 2.75) is 46.5 Å². The van der Waals surface area contributed by atoms with Crippen LogP contribution >= 0.6 is 0 Å². The van der Waals surface area contributed by atoms with Crippen molar-refractivity contribution in [1.29, 1.82) is 0 Å². The van der Waals surface area contributed by atoms with Crippen molar-refractivity contribution >= 4 is 0 Å². The molecule has 1 fully saturated rings. The van der Waals surface area contributed by atoms with Gasteiger partial charge in [-0.1, -0.05) is 40.0 Å². The van der Waals surface area contributed by atoms with Crippen molar-refractivity contribution in [3.63, 3.8) is 0 Å². The first-order valence-corrected chi connectivity index (χ1v) is 4.75. The quantitative estimate of drug-likeness (QED) is 0.551. The van der Waals surface area contributed by atoms with Gasteiger partial charge in [-0.15, -0.1) is 0 Å². The molecule has 0 radical (unpaired) electrons. The maximum absolute atomic E-state index is 2.42. The van der Waals surface area contributed by atoms with Gasteiger partial charge in [-0.25, -0.2) is 0 Å². The highest BCUT2D eigenvalue weighted by molar-refractivity contribution is 4.77. The predicted octanol–water partition coefficient (Wildman–Crippen LogP) is 3.47. The fourth-order valence-electron chi connectivity index (χ4n) is 2.32. The van der Waals surface area contributed by atoms with Crippen LogP contribution in [0.25, 0.3) is 0 Å². The van der Waals surface area contributed by atoms with E-state index < -0.39 is 0 Å². The molecule has 0 aromatic heterocycles. The Hall–Kier alpha value is 0. The Bertz CT molecular complexity index is 96.2. The minimum Gasteiger partial charge on any atom is -0.0651 e. The summed E-state index contributed by atoms with van der Waals surface area (Å²) in [4.78, 5) is 0. The van der Waals surface area contributed by atoms with Gasteiger partial charge in [-0.2, -0.15) is 0 Å². The van der Waals surface area contributed by atoms with E-state index in [1.807, 2.05) is 0 Å². The lowest BCUT2D eigenvalue weighted by molar-refractivity contribution is 0.287. The highest BCUT2D eigenvalue weighted by atomic mass is 14.3. The van der Waals surface area contributed by atoms with E-state index in [-0.39, 0.29) is 0 Å². The smallest absolute Gasteiger partial charge is 0.0363 e. The Morgan fingerprint density at radius 1 is 1.40 bits per heavy atom. The van der Waals surface area contributed by atoms with E-state index in [9.17, 15) is 0 Å². The van der Waals surface area contributed by atoms with Gasteiger partial charge in [0.15, 0.2) is 0 Å². The number of rotatable bonds is 2. The molecular weight excluding hydrogens is 120 g/mol. The predicted molar refractivity (Wildman–Crippen MR) is 46.0 cm³/mol. The highest BCUT2D eigenvalue weighted by Gasteiger charge is 2.26. The lowest BCUT2D eigenvalue weighted by atomic mass is 9.85. The van der Waals surface area contributed by atoms with E-state index in [0.717, 1.165) is 17.8 Å². The van der Waals surface area contributed by atoms with Crippen molar-refractivity contribution in [2.75, 3.05) is 0 Å². The van der Waals surface area contributed by atoms with E-state index in [1.54, 1.807) is 0 Å². The average molecular weight is 140 g/mol. The largest absolute Gasteiger partial charge is 0.0651 e. The summed E-state index contributed by atoms with van der Waals surface area (Å²) in [6, 6.07) is 0. The second-order valence-corrected chi connectivity index (χ2v) is 3.96. The van der Waals surface area contributed by atoms with E-state index in [4.69, 9.17) is 0 Å². The van der Waals surface area contributed by atoms with Crippen molar-refractivity contribution in [1.82, 2.24) is 0 Å². The molecule has 0 N–H and O–H groups in total. The molecule has 10 heavy (non-hydrogen) atoms. The van der Waals surface area contributed by atoms with Crippen LogP contribution in [-0.4, -0.2) is 0 Å². The average Bonchev–Trinajstić information content (AvgIpc) is 2.34. The molecule has 0 aromatic rings. The van der Waals surface area contributed by atoms with Gasteiger partial charge >= 0.3 is 0 Å². The van der Waals surface area contributed by atoms with Crippen LogP contribution in [0.4, 0.5) is 0 Å². The molecule has 0 amide bonds. The summed E-state index contributed by atoms with van der Waals surface area (Å²) in [6.45, 7) is 7.14. The third-order valence-electron chi connectivity index (χ3n) is 3.30. The van der Waals surface area contributed by atoms with Gasteiger partial charge < -0.3 is 0 Å². The van der Waals surface area contributed by atoms with Gasteiger partial charge in [-0.05, 0) is 24.2 Å². The van der Waals surface area contributed by atoms with Gasteiger partial charge in [0.25, 0.3) is 0 Å². The minimum atomic E-state index is 0.970. The minimum absolute atomic E-state index is 0.970. The molecule has 0 nitrogen and oxygen atoms in total. The molecule has 60 valence electrons. The molecule has 1 saturated carbocycles. The second-order valence-electron chi connectivity index (χ2n) is 3.96. The fourth-order valence-corrected chi connectivity index (χ4v) is 2.32. The molecule has 0 heteroatoms. The van der Waals surface area contributed by atoms with Crippen LogP contribution < -0.4 is 0 Å². The zero-order chi connectivity index (χ0) is 7.56. The van der Waals surface area contributed by atoms with Crippen molar-refractivity contribution in [3.8, 4) is 0 Å². The normalized spacial score (nSPS) is 36.3. The van der Waals surface area contributed by atoms with Gasteiger partial charge in [0.2, 0.25) is 0 Å². The van der Waals surface area contributed by atoms with Crippen molar-refractivity contribution < 1.29 is 0 Å². The Balaban J connectivity index is 2.38. The zero-order valence-electron chi connectivity index (χ0n) is 7.56. The van der Waals surface area contributed by atoms with E-state index in [2.05, 4.69) is 20.8 Å². The first kappa shape index (κ1) is 8.10. The van der Waals surface area contributed by atoms with Gasteiger partial charge in [0.1, 0.15) is 0 Å². The molecule has 0 heterocycles. The molecule has 0 saturated heterocycles. The lowest BCUT2D eigenvalue weighted by Gasteiger charge is -2.21. The van der Waals surface area contributed by atoms with Gasteiger partial charge in [0, 0.05) is 0 Å². The Labute approximate surface area is 65.0 Å². The van der Waals surface area contributed by atoms with E-state index in [1.165, 1.54) is 25.7 Å². The van der Waals surface area contributed by atoms with Crippen LogP contribution in [0.2, 0.25) is 0 Å². The Kier molecular flexibility index (Phi) is 2.76. The Morgan fingerprint density at radius 3 is 2.50 bits per heavy atom. The number of hydrogen-bond donors (Lipinski definition) is 0. The fraction of sp³-hybridized carbons (Fsp3) is 1.00. The summed E-state index contributed by atoms with van der Waals surface area (Å²) in [5, 5.41) is 0. The van der Waals surface area contributed by atoms with Crippen LogP contribution in [0, 0.1) is 17.8 Å². The topological polar surface area (TPSA) is 0 Å². The van der Waals surface area contributed by atoms with Crippen LogP contribution in [-0.2, 0) is 0 Å².